The molecule has 1 aromatic heterocycles. The molecule has 0 radical (unpaired) electrons. The number of aromatic nitrogens is 2. The van der Waals surface area contributed by atoms with Crippen LogP contribution in [0.25, 0.3) is 0 Å². The van der Waals surface area contributed by atoms with Crippen LogP contribution in [0.3, 0.4) is 0 Å². The highest BCUT2D eigenvalue weighted by molar-refractivity contribution is 9.10. The molecule has 2 unspecified atom stereocenters. The number of ether oxygens (including phenoxy) is 2. The van der Waals surface area contributed by atoms with E-state index in [-0.39, 0.29) is 11.7 Å². The van der Waals surface area contributed by atoms with Crippen LogP contribution in [-0.4, -0.2) is 47.7 Å². The van der Waals surface area contributed by atoms with E-state index in [0.29, 0.717) is 35.2 Å². The highest BCUT2D eigenvalue weighted by Gasteiger charge is 2.34. The zero-order valence-corrected chi connectivity index (χ0v) is 13.0. The monoisotopic (exact) mass is 343 g/mol. The molecule has 1 aromatic rings. The number of nitrogens with zero attached hydrogens (tertiary/aromatic N) is 2. The molecule has 0 bridgehead atoms. The first-order valence-corrected chi connectivity index (χ1v) is 7.61. The average molecular weight is 344 g/mol. The van der Waals surface area contributed by atoms with E-state index in [4.69, 9.17) is 9.47 Å². The standard InChI is InChI=1S/C13H18BrN3O3/c1-19-7-9-11(14)13(18)16-12(15-9)10-5-17-4-2-3-8(17)6-20-10/h8,10H,2-7H2,1H3,(H,15,16,18). The van der Waals surface area contributed by atoms with E-state index in [1.54, 1.807) is 7.11 Å². The van der Waals surface area contributed by atoms with E-state index in [1.165, 1.54) is 12.8 Å². The molecule has 7 heteroatoms. The number of halogens is 1. The number of nitrogens with one attached hydrogen (secondary N) is 1. The lowest BCUT2D eigenvalue weighted by Gasteiger charge is -2.34. The summed E-state index contributed by atoms with van der Waals surface area (Å²) in [4.78, 5) is 21.6. The maximum absolute atomic E-state index is 11.9. The molecule has 0 spiro atoms. The minimum Gasteiger partial charge on any atom is -0.378 e. The van der Waals surface area contributed by atoms with Gasteiger partial charge in [-0.3, -0.25) is 9.69 Å². The highest BCUT2D eigenvalue weighted by Crippen LogP contribution is 2.28. The number of morpholine rings is 1. The Morgan fingerprint density at radius 3 is 3.25 bits per heavy atom. The molecule has 2 atom stereocenters. The molecule has 2 fully saturated rings. The Kier molecular flexibility index (Phi) is 4.21. The number of rotatable bonds is 3. The van der Waals surface area contributed by atoms with Crippen molar-refractivity contribution in [3.8, 4) is 0 Å². The van der Waals surface area contributed by atoms with Crippen molar-refractivity contribution in [3.63, 3.8) is 0 Å². The van der Waals surface area contributed by atoms with E-state index in [0.717, 1.165) is 13.1 Å². The predicted octanol–water partition coefficient (Wildman–Crippen LogP) is 1.21. The summed E-state index contributed by atoms with van der Waals surface area (Å²) in [6, 6.07) is 0.534. The Labute approximate surface area is 125 Å². The highest BCUT2D eigenvalue weighted by atomic mass is 79.9. The minimum absolute atomic E-state index is 0.166. The van der Waals surface area contributed by atoms with Crippen molar-refractivity contribution in [2.24, 2.45) is 0 Å². The minimum atomic E-state index is -0.186. The summed E-state index contributed by atoms with van der Waals surface area (Å²) in [5.74, 6) is 0.593. The van der Waals surface area contributed by atoms with Crippen LogP contribution in [0, 0.1) is 0 Å². The molecule has 6 nitrogen and oxygen atoms in total. The first kappa shape index (κ1) is 14.2. The fourth-order valence-corrected chi connectivity index (χ4v) is 3.19. The molecule has 3 rings (SSSR count). The summed E-state index contributed by atoms with van der Waals surface area (Å²) in [6.45, 7) is 2.92. The maximum Gasteiger partial charge on any atom is 0.265 e. The number of methoxy groups -OCH3 is 1. The molecule has 0 aliphatic carbocycles. The molecule has 1 N–H and O–H groups in total. The van der Waals surface area contributed by atoms with Crippen molar-refractivity contribution in [2.75, 3.05) is 26.8 Å². The van der Waals surface area contributed by atoms with E-state index < -0.39 is 0 Å². The third-order valence-corrected chi connectivity index (χ3v) is 4.74. The van der Waals surface area contributed by atoms with Crippen molar-refractivity contribution in [1.82, 2.24) is 14.9 Å². The summed E-state index contributed by atoms with van der Waals surface area (Å²) < 4.78 is 11.4. The van der Waals surface area contributed by atoms with Gasteiger partial charge in [-0.05, 0) is 35.3 Å². The lowest BCUT2D eigenvalue weighted by atomic mass is 10.2. The summed E-state index contributed by atoms with van der Waals surface area (Å²) in [5.41, 5.74) is 0.424. The van der Waals surface area contributed by atoms with Crippen LogP contribution in [0.5, 0.6) is 0 Å². The molecule has 0 amide bonds. The Bertz CT molecular complexity index is 548. The second-order valence-corrected chi connectivity index (χ2v) is 6.05. The van der Waals surface area contributed by atoms with Crippen molar-refractivity contribution in [2.45, 2.75) is 31.6 Å². The van der Waals surface area contributed by atoms with Crippen LogP contribution in [0.4, 0.5) is 0 Å². The Hall–Kier alpha value is -0.760. The van der Waals surface area contributed by atoms with Gasteiger partial charge in [-0.1, -0.05) is 0 Å². The molecule has 2 aliphatic heterocycles. The molecule has 110 valence electrons. The van der Waals surface area contributed by atoms with Gasteiger partial charge in [0.1, 0.15) is 16.4 Å². The predicted molar refractivity (Wildman–Crippen MR) is 76.6 cm³/mol. The second kappa shape index (κ2) is 5.93. The van der Waals surface area contributed by atoms with Crippen LogP contribution in [0.15, 0.2) is 9.27 Å². The number of hydrogen-bond acceptors (Lipinski definition) is 5. The third-order valence-electron chi connectivity index (χ3n) is 3.92. The molecular formula is C13H18BrN3O3. The van der Waals surface area contributed by atoms with Crippen molar-refractivity contribution < 1.29 is 9.47 Å². The van der Waals surface area contributed by atoms with Gasteiger partial charge in [-0.2, -0.15) is 0 Å². The van der Waals surface area contributed by atoms with Crippen LogP contribution >= 0.6 is 15.9 Å². The topological polar surface area (TPSA) is 67.5 Å². The lowest BCUT2D eigenvalue weighted by Crippen LogP contribution is -2.43. The average Bonchev–Trinajstić information content (AvgIpc) is 2.91. The first-order chi connectivity index (χ1) is 9.69. The van der Waals surface area contributed by atoms with Gasteiger partial charge in [-0.25, -0.2) is 4.98 Å². The van der Waals surface area contributed by atoms with Gasteiger partial charge >= 0.3 is 0 Å². The van der Waals surface area contributed by atoms with E-state index in [2.05, 4.69) is 30.8 Å². The van der Waals surface area contributed by atoms with Crippen molar-refractivity contribution in [3.05, 3.63) is 26.3 Å². The molecule has 20 heavy (non-hydrogen) atoms. The number of H-pyrrole nitrogens is 1. The fourth-order valence-electron chi connectivity index (χ4n) is 2.89. The normalized spacial score (nSPS) is 26.7. The third kappa shape index (κ3) is 2.67. The van der Waals surface area contributed by atoms with Gasteiger partial charge < -0.3 is 14.5 Å². The van der Waals surface area contributed by atoms with Crippen LogP contribution < -0.4 is 5.56 Å². The molecule has 3 heterocycles. The lowest BCUT2D eigenvalue weighted by molar-refractivity contribution is -0.0544. The van der Waals surface area contributed by atoms with E-state index >= 15 is 0 Å². The van der Waals surface area contributed by atoms with Crippen LogP contribution in [0.1, 0.15) is 30.5 Å². The zero-order valence-electron chi connectivity index (χ0n) is 11.4. The molecule has 2 saturated heterocycles. The summed E-state index contributed by atoms with van der Waals surface area (Å²) in [6.07, 6.45) is 2.26. The SMILES string of the molecule is COCc1nc(C2CN3CCCC3CO2)[nH]c(=O)c1Br. The van der Waals surface area contributed by atoms with Gasteiger partial charge in [0.05, 0.1) is 18.9 Å². The fraction of sp³-hybridized carbons (Fsp3) is 0.692. The Balaban J connectivity index is 1.84. The largest absolute Gasteiger partial charge is 0.378 e. The molecule has 2 aliphatic rings. The number of fused-ring (bicyclic) bond motifs is 1. The van der Waals surface area contributed by atoms with Crippen molar-refractivity contribution >= 4 is 15.9 Å². The quantitative estimate of drug-likeness (QED) is 0.893. The van der Waals surface area contributed by atoms with Gasteiger partial charge in [0.2, 0.25) is 0 Å². The number of hydrogen-bond donors (Lipinski definition) is 1. The van der Waals surface area contributed by atoms with Crippen molar-refractivity contribution in [1.29, 1.82) is 0 Å². The zero-order chi connectivity index (χ0) is 14.1. The molecule has 0 saturated carbocycles. The Morgan fingerprint density at radius 1 is 1.60 bits per heavy atom. The van der Waals surface area contributed by atoms with Gasteiger partial charge in [0, 0.05) is 19.7 Å². The van der Waals surface area contributed by atoms with E-state index in [1.807, 2.05) is 0 Å². The summed E-state index contributed by atoms with van der Waals surface area (Å²) >= 11 is 3.25. The Morgan fingerprint density at radius 2 is 2.45 bits per heavy atom. The van der Waals surface area contributed by atoms with Gasteiger partial charge in [-0.15, -0.1) is 0 Å². The van der Waals surface area contributed by atoms with Gasteiger partial charge in [0.25, 0.3) is 5.56 Å². The second-order valence-electron chi connectivity index (χ2n) is 5.26. The summed E-state index contributed by atoms with van der Waals surface area (Å²) in [5, 5.41) is 0. The molecular weight excluding hydrogens is 326 g/mol. The number of aromatic amines is 1. The van der Waals surface area contributed by atoms with Gasteiger partial charge in [0.15, 0.2) is 0 Å². The van der Waals surface area contributed by atoms with Crippen LogP contribution in [0.2, 0.25) is 0 Å². The van der Waals surface area contributed by atoms with E-state index in [9.17, 15) is 4.79 Å². The first-order valence-electron chi connectivity index (χ1n) is 6.82. The summed E-state index contributed by atoms with van der Waals surface area (Å²) in [7, 11) is 1.58. The smallest absolute Gasteiger partial charge is 0.265 e. The maximum atomic E-state index is 11.9. The van der Waals surface area contributed by atoms with Crippen LogP contribution in [-0.2, 0) is 16.1 Å². The molecule has 0 aromatic carbocycles.